The Labute approximate surface area is 128 Å². The van der Waals surface area contributed by atoms with Gasteiger partial charge in [0.05, 0.1) is 29.9 Å². The summed E-state index contributed by atoms with van der Waals surface area (Å²) >= 11 is 0. The third-order valence-electron chi connectivity index (χ3n) is 4.46. The van der Waals surface area contributed by atoms with Gasteiger partial charge in [0.2, 0.25) is 0 Å². The number of hydrogen-bond acceptors (Lipinski definition) is 4. The van der Waals surface area contributed by atoms with Crippen LogP contribution in [0.25, 0.3) is 11.2 Å². The first-order chi connectivity index (χ1) is 10.8. The van der Waals surface area contributed by atoms with E-state index in [1.165, 1.54) is 0 Å². The predicted octanol–water partition coefficient (Wildman–Crippen LogP) is 2.26. The Kier molecular flexibility index (Phi) is 3.07. The van der Waals surface area contributed by atoms with E-state index in [4.69, 9.17) is 5.26 Å². The summed E-state index contributed by atoms with van der Waals surface area (Å²) < 4.78 is 0. The number of hydrogen-bond donors (Lipinski definition) is 2. The molecule has 2 aromatic heterocycles. The Morgan fingerprint density at radius 2 is 2.27 bits per heavy atom. The summed E-state index contributed by atoms with van der Waals surface area (Å²) in [4.78, 5) is 24.5. The van der Waals surface area contributed by atoms with Crippen LogP contribution in [0.15, 0.2) is 12.4 Å². The van der Waals surface area contributed by atoms with Gasteiger partial charge in [-0.15, -0.1) is 0 Å². The fraction of sp³-hybridized carbons (Fsp3) is 0.500. The zero-order chi connectivity index (χ0) is 15.1. The maximum atomic E-state index is 12.5. The number of nitrogens with zero attached hydrogens (tertiary/aromatic N) is 3. The molecule has 2 aliphatic carbocycles. The fourth-order valence-corrected chi connectivity index (χ4v) is 2.83. The van der Waals surface area contributed by atoms with Crippen LogP contribution in [0.3, 0.4) is 0 Å². The summed E-state index contributed by atoms with van der Waals surface area (Å²) in [6.45, 7) is 0. The predicted molar refractivity (Wildman–Crippen MR) is 80.1 cm³/mol. The molecule has 2 N–H and O–H groups in total. The van der Waals surface area contributed by atoms with Gasteiger partial charge in [-0.1, -0.05) is 0 Å². The molecule has 22 heavy (non-hydrogen) atoms. The van der Waals surface area contributed by atoms with Crippen molar-refractivity contribution in [3.63, 3.8) is 0 Å². The van der Waals surface area contributed by atoms with Crippen molar-refractivity contribution in [1.29, 1.82) is 5.26 Å². The molecule has 0 aliphatic heterocycles. The van der Waals surface area contributed by atoms with Crippen LogP contribution in [0.4, 0.5) is 0 Å². The minimum Gasteiger partial charge on any atom is -0.348 e. The molecule has 112 valence electrons. The molecule has 2 aliphatic rings. The number of carbonyl (C=O) groups excluding carboxylic acids is 1. The lowest BCUT2D eigenvalue weighted by molar-refractivity contribution is 0.0934. The highest BCUT2D eigenvalue weighted by Crippen LogP contribution is 2.39. The van der Waals surface area contributed by atoms with E-state index in [-0.39, 0.29) is 11.9 Å². The van der Waals surface area contributed by atoms with Gasteiger partial charge in [0.25, 0.3) is 5.91 Å². The molecular weight excluding hydrogens is 278 g/mol. The average Bonchev–Trinajstić information content (AvgIpc) is 3.42. The van der Waals surface area contributed by atoms with Crippen LogP contribution in [0.2, 0.25) is 0 Å². The van der Waals surface area contributed by atoms with Gasteiger partial charge in [-0.3, -0.25) is 4.79 Å². The number of H-pyrrole nitrogens is 1. The van der Waals surface area contributed by atoms with Crippen LogP contribution in [0.1, 0.15) is 54.1 Å². The van der Waals surface area contributed by atoms with E-state index < -0.39 is 0 Å². The van der Waals surface area contributed by atoms with Crippen molar-refractivity contribution < 1.29 is 4.79 Å². The molecule has 2 fully saturated rings. The van der Waals surface area contributed by atoms with Gasteiger partial charge in [0, 0.05) is 18.2 Å². The maximum Gasteiger partial charge on any atom is 0.255 e. The minimum atomic E-state index is -0.166. The fourth-order valence-electron chi connectivity index (χ4n) is 2.83. The molecule has 0 bridgehead atoms. The number of nitriles is 1. The summed E-state index contributed by atoms with van der Waals surface area (Å²) in [5.41, 5.74) is 2.76. The second-order valence-corrected chi connectivity index (χ2v) is 6.25. The highest BCUT2D eigenvalue weighted by Gasteiger charge is 2.33. The van der Waals surface area contributed by atoms with Gasteiger partial charge < -0.3 is 10.3 Å². The molecule has 2 heterocycles. The maximum absolute atomic E-state index is 12.5. The second-order valence-electron chi connectivity index (χ2n) is 6.25. The molecule has 0 spiro atoms. The zero-order valence-electron chi connectivity index (χ0n) is 12.2. The van der Waals surface area contributed by atoms with E-state index in [1.54, 1.807) is 12.4 Å². The number of aromatic nitrogens is 3. The van der Waals surface area contributed by atoms with Crippen LogP contribution in [-0.2, 0) is 0 Å². The van der Waals surface area contributed by atoms with Gasteiger partial charge in [-0.25, -0.2) is 9.97 Å². The quantitative estimate of drug-likeness (QED) is 0.884. The SMILES string of the molecule is N#CCC(NC(=O)c1c[nH]c2ncc(C3CC3)nc12)C1CC1. The smallest absolute Gasteiger partial charge is 0.255 e. The van der Waals surface area contributed by atoms with Gasteiger partial charge >= 0.3 is 0 Å². The summed E-state index contributed by atoms with van der Waals surface area (Å²) in [6.07, 6.45) is 8.29. The molecule has 1 amide bonds. The second kappa shape index (κ2) is 5.09. The molecule has 2 aromatic rings. The minimum absolute atomic E-state index is 0.0537. The monoisotopic (exact) mass is 295 g/mol. The van der Waals surface area contributed by atoms with E-state index in [1.807, 2.05) is 0 Å². The van der Waals surface area contributed by atoms with E-state index in [2.05, 4.69) is 26.3 Å². The Balaban J connectivity index is 1.60. The summed E-state index contributed by atoms with van der Waals surface area (Å²) in [6, 6.07) is 2.11. The van der Waals surface area contributed by atoms with Gasteiger partial charge in [0.15, 0.2) is 5.65 Å². The first-order valence-electron chi connectivity index (χ1n) is 7.78. The van der Waals surface area contributed by atoms with Crippen LogP contribution in [0.5, 0.6) is 0 Å². The molecule has 1 atom stereocenters. The Morgan fingerprint density at radius 1 is 1.45 bits per heavy atom. The molecule has 4 rings (SSSR count). The van der Waals surface area contributed by atoms with Crippen molar-refractivity contribution in [3.8, 4) is 6.07 Å². The first kappa shape index (κ1) is 13.3. The highest BCUT2D eigenvalue weighted by molar-refractivity contribution is 6.04. The molecule has 1 unspecified atom stereocenters. The number of fused-ring (bicyclic) bond motifs is 1. The van der Waals surface area contributed by atoms with Crippen molar-refractivity contribution >= 4 is 17.1 Å². The third-order valence-corrected chi connectivity index (χ3v) is 4.46. The summed E-state index contributed by atoms with van der Waals surface area (Å²) in [5.74, 6) is 0.781. The standard InChI is InChI=1S/C16H17N5O/c17-6-5-12(9-1-2-9)21-16(22)11-7-18-15-14(11)20-13(8-19-15)10-3-4-10/h7-10,12H,1-5H2,(H,18,19)(H,21,22). The Morgan fingerprint density at radius 3 is 2.95 bits per heavy atom. The number of rotatable bonds is 5. The molecule has 6 nitrogen and oxygen atoms in total. The normalized spacial score (nSPS) is 18.9. The van der Waals surface area contributed by atoms with Crippen molar-refractivity contribution in [2.75, 3.05) is 0 Å². The topological polar surface area (TPSA) is 94.5 Å². The lowest BCUT2D eigenvalue weighted by atomic mass is 10.1. The molecule has 0 aromatic carbocycles. The van der Waals surface area contributed by atoms with Crippen molar-refractivity contribution in [1.82, 2.24) is 20.3 Å². The van der Waals surface area contributed by atoms with Crippen LogP contribution >= 0.6 is 0 Å². The van der Waals surface area contributed by atoms with Crippen LogP contribution in [0, 0.1) is 17.2 Å². The number of aromatic amines is 1. The first-order valence-corrected chi connectivity index (χ1v) is 7.78. The summed E-state index contributed by atoms with van der Waals surface area (Å²) in [7, 11) is 0. The molecule has 2 saturated carbocycles. The van der Waals surface area contributed by atoms with Crippen LogP contribution < -0.4 is 5.32 Å². The lowest BCUT2D eigenvalue weighted by Crippen LogP contribution is -2.36. The zero-order valence-corrected chi connectivity index (χ0v) is 12.2. The van der Waals surface area contributed by atoms with Crippen molar-refractivity contribution in [2.24, 2.45) is 5.92 Å². The molecule has 6 heteroatoms. The highest BCUT2D eigenvalue weighted by atomic mass is 16.1. The van der Waals surface area contributed by atoms with E-state index in [0.717, 1.165) is 31.4 Å². The van der Waals surface area contributed by atoms with Gasteiger partial charge in [-0.05, 0) is 31.6 Å². The largest absolute Gasteiger partial charge is 0.348 e. The van der Waals surface area contributed by atoms with Crippen molar-refractivity contribution in [2.45, 2.75) is 44.1 Å². The average molecular weight is 295 g/mol. The summed E-state index contributed by atoms with van der Waals surface area (Å²) in [5, 5.41) is 11.9. The van der Waals surface area contributed by atoms with Crippen LogP contribution in [-0.4, -0.2) is 26.9 Å². The lowest BCUT2D eigenvalue weighted by Gasteiger charge is -2.14. The van der Waals surface area contributed by atoms with E-state index in [0.29, 0.717) is 35.0 Å². The van der Waals surface area contributed by atoms with Gasteiger partial charge in [0.1, 0.15) is 5.52 Å². The molecule has 0 radical (unpaired) electrons. The van der Waals surface area contributed by atoms with E-state index in [9.17, 15) is 4.79 Å². The number of carbonyl (C=O) groups is 1. The molecule has 0 saturated heterocycles. The van der Waals surface area contributed by atoms with Crippen molar-refractivity contribution in [3.05, 3.63) is 23.7 Å². The van der Waals surface area contributed by atoms with E-state index >= 15 is 0 Å². The number of nitrogens with one attached hydrogen (secondary N) is 2. The number of amides is 1. The Bertz CT molecular complexity index is 766. The van der Waals surface area contributed by atoms with Gasteiger partial charge in [-0.2, -0.15) is 5.26 Å². The third kappa shape index (κ3) is 2.43. The molecular formula is C16H17N5O. The Hall–Kier alpha value is -2.42.